The van der Waals surface area contributed by atoms with Gasteiger partial charge in [0.1, 0.15) is 5.82 Å². The van der Waals surface area contributed by atoms with Crippen LogP contribution in [0.4, 0.5) is 4.39 Å². The van der Waals surface area contributed by atoms with Gasteiger partial charge in [-0.2, -0.15) is 0 Å². The number of benzene rings is 1. The fourth-order valence-electron chi connectivity index (χ4n) is 4.98. The van der Waals surface area contributed by atoms with Gasteiger partial charge in [0.25, 0.3) is 0 Å². The Morgan fingerprint density at radius 1 is 1.17 bits per heavy atom. The van der Waals surface area contributed by atoms with Crippen molar-refractivity contribution in [1.29, 1.82) is 0 Å². The second kappa shape index (κ2) is 10.6. The molecule has 0 saturated heterocycles. The molecule has 0 fully saturated rings. The standard InChI is InChI=1S/C30H43FO4Si/c1-20-15-21(11-14-26(20)31)24-18-29(5,6)19-30(7,8)25(24)13-12-22(32)16-23(17-27(33)34)35-36(9,10)28(2,3)4/h11,14-15,23H,16-19H2,1-10H3,(H,33,34)/t23-/m1/s1. The highest BCUT2D eigenvalue weighted by atomic mass is 28.4. The van der Waals surface area contributed by atoms with Gasteiger partial charge in [0.15, 0.2) is 8.32 Å². The fourth-order valence-corrected chi connectivity index (χ4v) is 6.33. The molecule has 1 aromatic carbocycles. The topological polar surface area (TPSA) is 63.6 Å². The third-order valence-corrected chi connectivity index (χ3v) is 12.0. The van der Waals surface area contributed by atoms with E-state index >= 15 is 0 Å². The lowest BCUT2D eigenvalue weighted by molar-refractivity contribution is -0.139. The second-order valence-electron chi connectivity index (χ2n) is 13.2. The normalized spacial score (nSPS) is 18.3. The predicted molar refractivity (Wildman–Crippen MR) is 147 cm³/mol. The summed E-state index contributed by atoms with van der Waals surface area (Å²) in [7, 11) is -2.26. The van der Waals surface area contributed by atoms with Gasteiger partial charge in [-0.05, 0) is 83.5 Å². The van der Waals surface area contributed by atoms with Gasteiger partial charge in [0.2, 0.25) is 5.78 Å². The van der Waals surface area contributed by atoms with Gasteiger partial charge in [-0.15, -0.1) is 0 Å². The molecule has 1 N–H and O–H groups in total. The van der Waals surface area contributed by atoms with E-state index in [4.69, 9.17) is 4.43 Å². The van der Waals surface area contributed by atoms with Crippen molar-refractivity contribution in [1.82, 2.24) is 0 Å². The third kappa shape index (κ3) is 7.63. The van der Waals surface area contributed by atoms with Crippen molar-refractivity contribution >= 4 is 25.6 Å². The van der Waals surface area contributed by atoms with E-state index in [-0.39, 0.29) is 40.3 Å². The van der Waals surface area contributed by atoms with Crippen LogP contribution in [0, 0.1) is 35.4 Å². The van der Waals surface area contributed by atoms with Crippen molar-refractivity contribution in [3.8, 4) is 11.8 Å². The quantitative estimate of drug-likeness (QED) is 0.232. The summed E-state index contributed by atoms with van der Waals surface area (Å²) in [6, 6.07) is 5.12. The van der Waals surface area contributed by atoms with Crippen LogP contribution in [-0.4, -0.2) is 31.3 Å². The number of hydrogen-bond acceptors (Lipinski definition) is 3. The molecular formula is C30H43FO4Si. The number of rotatable bonds is 7. The van der Waals surface area contributed by atoms with E-state index < -0.39 is 20.4 Å². The first-order chi connectivity index (χ1) is 16.2. The molecule has 0 amide bonds. The molecule has 0 unspecified atom stereocenters. The lowest BCUT2D eigenvalue weighted by Crippen LogP contribution is -2.44. The number of carboxylic acid groups (broad SMARTS) is 1. The van der Waals surface area contributed by atoms with E-state index in [1.807, 2.05) is 19.2 Å². The smallest absolute Gasteiger partial charge is 0.305 e. The molecule has 2 rings (SSSR count). The van der Waals surface area contributed by atoms with Gasteiger partial charge in [0, 0.05) is 12.0 Å². The molecule has 198 valence electrons. The van der Waals surface area contributed by atoms with Gasteiger partial charge in [-0.25, -0.2) is 4.39 Å². The van der Waals surface area contributed by atoms with E-state index in [1.165, 1.54) is 6.07 Å². The Morgan fingerprint density at radius 3 is 2.31 bits per heavy atom. The lowest BCUT2D eigenvalue weighted by Gasteiger charge is -2.42. The number of carboxylic acids is 1. The van der Waals surface area contributed by atoms with Gasteiger partial charge < -0.3 is 9.53 Å². The molecule has 4 nitrogen and oxygen atoms in total. The summed E-state index contributed by atoms with van der Waals surface area (Å²) in [5.74, 6) is 4.42. The molecule has 0 spiro atoms. The van der Waals surface area contributed by atoms with Crippen LogP contribution in [-0.2, 0) is 14.0 Å². The molecule has 6 heteroatoms. The Bertz CT molecular complexity index is 1110. The van der Waals surface area contributed by atoms with E-state index in [1.54, 1.807) is 13.0 Å². The molecule has 1 atom stereocenters. The van der Waals surface area contributed by atoms with Gasteiger partial charge in [-0.3, -0.25) is 9.59 Å². The molecule has 0 saturated carbocycles. The highest BCUT2D eigenvalue weighted by molar-refractivity contribution is 6.74. The zero-order valence-electron chi connectivity index (χ0n) is 23.7. The van der Waals surface area contributed by atoms with Crippen LogP contribution < -0.4 is 0 Å². The molecule has 0 aliphatic heterocycles. The highest BCUT2D eigenvalue weighted by Gasteiger charge is 2.41. The fraction of sp³-hybridized carbons (Fsp3) is 0.600. The number of allylic oxidation sites excluding steroid dienone is 2. The number of carbonyl (C=O) groups is 2. The average molecular weight is 515 g/mol. The molecule has 0 heterocycles. The molecular weight excluding hydrogens is 471 g/mol. The maximum absolute atomic E-state index is 14.0. The average Bonchev–Trinajstić information content (AvgIpc) is 2.65. The van der Waals surface area contributed by atoms with Crippen LogP contribution in [0.5, 0.6) is 0 Å². The second-order valence-corrected chi connectivity index (χ2v) is 18.0. The Morgan fingerprint density at radius 2 is 1.78 bits per heavy atom. The van der Waals surface area contributed by atoms with E-state index in [0.717, 1.165) is 29.6 Å². The lowest BCUT2D eigenvalue weighted by atomic mass is 9.61. The minimum absolute atomic E-state index is 0.0277. The summed E-state index contributed by atoms with van der Waals surface area (Å²) in [6.07, 6.45) is 0.670. The summed E-state index contributed by atoms with van der Waals surface area (Å²) in [5.41, 5.74) is 3.19. The predicted octanol–water partition coefficient (Wildman–Crippen LogP) is 7.56. The molecule has 1 aromatic rings. The van der Waals surface area contributed by atoms with Crippen LogP contribution >= 0.6 is 0 Å². The third-order valence-electron chi connectivity index (χ3n) is 7.47. The minimum atomic E-state index is -2.26. The van der Waals surface area contributed by atoms with Crippen LogP contribution in [0.3, 0.4) is 0 Å². The van der Waals surface area contributed by atoms with Gasteiger partial charge in [-0.1, -0.05) is 60.5 Å². The number of carbonyl (C=O) groups excluding carboxylic acids is 1. The van der Waals surface area contributed by atoms with Crippen molar-refractivity contribution in [2.24, 2.45) is 10.8 Å². The summed E-state index contributed by atoms with van der Waals surface area (Å²) >= 11 is 0. The summed E-state index contributed by atoms with van der Waals surface area (Å²) in [4.78, 5) is 24.5. The Labute approximate surface area is 217 Å². The number of hydrogen-bond donors (Lipinski definition) is 1. The Hall–Kier alpha value is -2.23. The molecule has 1 aliphatic rings. The number of aryl methyl sites for hydroxylation is 1. The number of aliphatic carboxylic acids is 1. The maximum atomic E-state index is 14.0. The van der Waals surface area contributed by atoms with E-state index in [9.17, 15) is 19.1 Å². The molecule has 0 aromatic heterocycles. The van der Waals surface area contributed by atoms with Crippen molar-refractivity contribution in [2.75, 3.05) is 0 Å². The highest BCUT2D eigenvalue weighted by Crippen LogP contribution is 2.51. The van der Waals surface area contributed by atoms with Crippen molar-refractivity contribution in [2.45, 2.75) is 105 Å². The Balaban J connectivity index is 2.45. The van der Waals surface area contributed by atoms with Crippen molar-refractivity contribution in [3.63, 3.8) is 0 Å². The first kappa shape index (κ1) is 30.0. The van der Waals surface area contributed by atoms with E-state index in [2.05, 4.69) is 60.3 Å². The first-order valence-corrected chi connectivity index (χ1v) is 15.6. The zero-order valence-corrected chi connectivity index (χ0v) is 24.7. The van der Waals surface area contributed by atoms with E-state index in [0.29, 0.717) is 5.56 Å². The minimum Gasteiger partial charge on any atom is -0.481 e. The molecule has 0 radical (unpaired) electrons. The number of ketones is 1. The number of Topliss-reactive ketones (excluding diaryl/α,β-unsaturated/α-hetero) is 1. The molecule has 1 aliphatic carbocycles. The first-order valence-electron chi connectivity index (χ1n) is 12.7. The Kier molecular flexibility index (Phi) is 8.86. The molecule has 36 heavy (non-hydrogen) atoms. The van der Waals surface area contributed by atoms with Crippen LogP contribution in [0.1, 0.15) is 85.3 Å². The summed E-state index contributed by atoms with van der Waals surface area (Å²) in [5, 5.41) is 9.30. The zero-order chi connectivity index (χ0) is 27.7. The number of halogens is 1. The van der Waals surface area contributed by atoms with Gasteiger partial charge >= 0.3 is 5.97 Å². The monoisotopic (exact) mass is 514 g/mol. The van der Waals surface area contributed by atoms with Crippen molar-refractivity contribution in [3.05, 3.63) is 40.7 Å². The van der Waals surface area contributed by atoms with Crippen LogP contribution in [0.2, 0.25) is 18.1 Å². The van der Waals surface area contributed by atoms with Crippen LogP contribution in [0.15, 0.2) is 23.8 Å². The van der Waals surface area contributed by atoms with Crippen LogP contribution in [0.25, 0.3) is 5.57 Å². The summed E-state index contributed by atoms with van der Waals surface area (Å²) < 4.78 is 20.3. The SMILES string of the molecule is Cc1cc(C2=C(C#CC(=O)C[C@H](CC(=O)O)O[Si](C)(C)C(C)(C)C)C(C)(C)CC(C)(C)C2)ccc1F. The summed E-state index contributed by atoms with van der Waals surface area (Å²) in [6.45, 7) is 20.8. The largest absolute Gasteiger partial charge is 0.481 e. The maximum Gasteiger partial charge on any atom is 0.305 e. The van der Waals surface area contributed by atoms with Crippen molar-refractivity contribution < 1.29 is 23.5 Å². The van der Waals surface area contributed by atoms with Gasteiger partial charge in [0.05, 0.1) is 12.5 Å². The molecule has 0 bridgehead atoms.